The van der Waals surface area contributed by atoms with E-state index >= 15 is 0 Å². The number of hydroxylamine groups is 1. The molecule has 1 fully saturated rings. The van der Waals surface area contributed by atoms with Crippen molar-refractivity contribution in [3.05, 3.63) is 0 Å². The lowest BCUT2D eigenvalue weighted by Crippen LogP contribution is -2.58. The molecule has 0 aromatic carbocycles. The third kappa shape index (κ3) is 4.26. The standard InChI is InChI=1S/C9H17N3O3/c1-9(2,3)15-12-8(14)6-4-11-7(13)5-10-6/h6,10H,4-5H2,1-3H3,(H,11,13)(H,12,14). The molecule has 6 heteroatoms. The normalized spacial score (nSPS) is 22.1. The molecule has 15 heavy (non-hydrogen) atoms. The first-order valence-corrected chi connectivity index (χ1v) is 4.86. The van der Waals surface area contributed by atoms with Gasteiger partial charge in [-0.25, -0.2) is 5.48 Å². The SMILES string of the molecule is CC(C)(C)ONC(=O)C1CNC(=O)CN1. The minimum Gasteiger partial charge on any atom is -0.353 e. The van der Waals surface area contributed by atoms with Crippen molar-refractivity contribution >= 4 is 11.8 Å². The summed E-state index contributed by atoms with van der Waals surface area (Å²) in [4.78, 5) is 27.4. The molecule has 0 aromatic rings. The minimum atomic E-state index is -0.426. The number of carbonyl (C=O) groups is 2. The number of hydrogen-bond acceptors (Lipinski definition) is 4. The van der Waals surface area contributed by atoms with E-state index in [-0.39, 0.29) is 24.9 Å². The van der Waals surface area contributed by atoms with Crippen LogP contribution >= 0.6 is 0 Å². The van der Waals surface area contributed by atoms with Gasteiger partial charge in [-0.15, -0.1) is 0 Å². The molecule has 0 bridgehead atoms. The van der Waals surface area contributed by atoms with E-state index in [2.05, 4.69) is 16.1 Å². The predicted molar refractivity (Wildman–Crippen MR) is 53.8 cm³/mol. The molecule has 0 aromatic heterocycles. The second kappa shape index (κ2) is 4.59. The van der Waals surface area contributed by atoms with Gasteiger partial charge in [0, 0.05) is 6.54 Å². The highest BCUT2D eigenvalue weighted by atomic mass is 16.7. The zero-order valence-electron chi connectivity index (χ0n) is 9.22. The van der Waals surface area contributed by atoms with Gasteiger partial charge in [-0.05, 0) is 20.8 Å². The van der Waals surface area contributed by atoms with Crippen molar-refractivity contribution in [3.8, 4) is 0 Å². The fraction of sp³-hybridized carbons (Fsp3) is 0.778. The van der Waals surface area contributed by atoms with Gasteiger partial charge in [-0.3, -0.25) is 19.7 Å². The topological polar surface area (TPSA) is 79.5 Å². The van der Waals surface area contributed by atoms with Gasteiger partial charge >= 0.3 is 0 Å². The van der Waals surface area contributed by atoms with Crippen molar-refractivity contribution in [2.24, 2.45) is 0 Å². The lowest BCUT2D eigenvalue weighted by molar-refractivity contribution is -0.148. The second-order valence-corrected chi connectivity index (χ2v) is 4.42. The number of rotatable bonds is 2. The highest BCUT2D eigenvalue weighted by molar-refractivity contribution is 5.86. The first kappa shape index (κ1) is 11.9. The lowest BCUT2D eigenvalue weighted by atomic mass is 10.2. The summed E-state index contributed by atoms with van der Waals surface area (Å²) in [5, 5.41) is 5.39. The smallest absolute Gasteiger partial charge is 0.262 e. The summed E-state index contributed by atoms with van der Waals surface area (Å²) in [6.07, 6.45) is 0. The summed E-state index contributed by atoms with van der Waals surface area (Å²) in [7, 11) is 0. The molecule has 3 N–H and O–H groups in total. The molecule has 6 nitrogen and oxygen atoms in total. The third-order valence-electron chi connectivity index (χ3n) is 1.79. The Morgan fingerprint density at radius 2 is 2.20 bits per heavy atom. The van der Waals surface area contributed by atoms with Gasteiger partial charge in [0.05, 0.1) is 12.1 Å². The predicted octanol–water partition coefficient (Wildman–Crippen LogP) is -1.08. The Labute approximate surface area is 88.7 Å². The Bertz CT molecular complexity index is 250. The molecule has 1 heterocycles. The number of carbonyl (C=O) groups excluding carboxylic acids is 2. The highest BCUT2D eigenvalue weighted by Gasteiger charge is 2.24. The highest BCUT2D eigenvalue weighted by Crippen LogP contribution is 2.03. The number of nitrogens with one attached hydrogen (secondary N) is 3. The van der Waals surface area contributed by atoms with Crippen molar-refractivity contribution in [2.45, 2.75) is 32.4 Å². The van der Waals surface area contributed by atoms with E-state index in [4.69, 9.17) is 4.84 Å². The van der Waals surface area contributed by atoms with Crippen molar-refractivity contribution < 1.29 is 14.4 Å². The van der Waals surface area contributed by atoms with Crippen LogP contribution in [0.5, 0.6) is 0 Å². The monoisotopic (exact) mass is 215 g/mol. The molecule has 0 saturated carbocycles. The van der Waals surface area contributed by atoms with Crippen LogP contribution in [0, 0.1) is 0 Å². The fourth-order valence-corrected chi connectivity index (χ4v) is 1.03. The lowest BCUT2D eigenvalue weighted by Gasteiger charge is -2.25. The van der Waals surface area contributed by atoms with Gasteiger partial charge in [0.2, 0.25) is 5.91 Å². The molecule has 1 atom stereocenters. The van der Waals surface area contributed by atoms with Crippen LogP contribution in [0.15, 0.2) is 0 Å². The van der Waals surface area contributed by atoms with Crippen molar-refractivity contribution in [3.63, 3.8) is 0 Å². The molecular weight excluding hydrogens is 198 g/mol. The molecule has 1 saturated heterocycles. The van der Waals surface area contributed by atoms with Crippen molar-refractivity contribution in [1.82, 2.24) is 16.1 Å². The van der Waals surface area contributed by atoms with E-state index in [0.29, 0.717) is 0 Å². The van der Waals surface area contributed by atoms with Crippen LogP contribution in [0.2, 0.25) is 0 Å². The van der Waals surface area contributed by atoms with Gasteiger partial charge < -0.3 is 5.32 Å². The van der Waals surface area contributed by atoms with Crippen LogP contribution in [-0.2, 0) is 14.4 Å². The third-order valence-corrected chi connectivity index (χ3v) is 1.79. The van der Waals surface area contributed by atoms with Gasteiger partial charge in [0.15, 0.2) is 0 Å². The maximum Gasteiger partial charge on any atom is 0.262 e. The fourth-order valence-electron chi connectivity index (χ4n) is 1.03. The summed E-state index contributed by atoms with van der Waals surface area (Å²) < 4.78 is 0. The van der Waals surface area contributed by atoms with Crippen LogP contribution in [0.1, 0.15) is 20.8 Å². The van der Waals surface area contributed by atoms with Gasteiger partial charge in [-0.2, -0.15) is 0 Å². The Balaban J connectivity index is 2.31. The quantitative estimate of drug-likeness (QED) is 0.512. The van der Waals surface area contributed by atoms with Crippen LogP contribution < -0.4 is 16.1 Å². The van der Waals surface area contributed by atoms with E-state index in [1.54, 1.807) is 0 Å². The summed E-state index contributed by atoms with van der Waals surface area (Å²) in [6, 6.07) is -0.426. The molecule has 1 aliphatic heterocycles. The summed E-state index contributed by atoms with van der Waals surface area (Å²) in [5.74, 6) is -0.374. The Morgan fingerprint density at radius 3 is 2.67 bits per heavy atom. The van der Waals surface area contributed by atoms with Crippen LogP contribution in [0.3, 0.4) is 0 Å². The van der Waals surface area contributed by atoms with E-state index in [1.165, 1.54) is 0 Å². The van der Waals surface area contributed by atoms with E-state index in [9.17, 15) is 9.59 Å². The average Bonchev–Trinajstić information content (AvgIpc) is 2.14. The molecule has 1 rings (SSSR count). The van der Waals surface area contributed by atoms with Gasteiger partial charge in [-0.1, -0.05) is 0 Å². The maximum atomic E-state index is 11.5. The zero-order chi connectivity index (χ0) is 11.5. The van der Waals surface area contributed by atoms with E-state index < -0.39 is 11.6 Å². The minimum absolute atomic E-state index is 0.101. The van der Waals surface area contributed by atoms with Gasteiger partial charge in [0.25, 0.3) is 5.91 Å². The zero-order valence-corrected chi connectivity index (χ0v) is 9.22. The molecule has 2 amide bonds. The van der Waals surface area contributed by atoms with Crippen LogP contribution in [-0.4, -0.2) is 36.5 Å². The van der Waals surface area contributed by atoms with Gasteiger partial charge in [0.1, 0.15) is 6.04 Å². The molecular formula is C9H17N3O3. The van der Waals surface area contributed by atoms with E-state index in [0.717, 1.165) is 0 Å². The molecule has 0 radical (unpaired) electrons. The first-order chi connectivity index (χ1) is 6.88. The molecule has 1 unspecified atom stereocenters. The summed E-state index contributed by atoms with van der Waals surface area (Å²) >= 11 is 0. The van der Waals surface area contributed by atoms with E-state index in [1.807, 2.05) is 20.8 Å². The number of hydrogen-bond donors (Lipinski definition) is 3. The Hall–Kier alpha value is -1.14. The van der Waals surface area contributed by atoms with Crippen LogP contribution in [0.4, 0.5) is 0 Å². The molecule has 0 spiro atoms. The molecule has 0 aliphatic carbocycles. The number of piperazine rings is 1. The number of amides is 2. The largest absolute Gasteiger partial charge is 0.353 e. The Kier molecular flexibility index (Phi) is 3.65. The summed E-state index contributed by atoms with van der Waals surface area (Å²) in [6.45, 7) is 5.96. The van der Waals surface area contributed by atoms with Crippen LogP contribution in [0.25, 0.3) is 0 Å². The average molecular weight is 215 g/mol. The molecule has 86 valence electrons. The summed E-state index contributed by atoms with van der Waals surface area (Å²) in [5.41, 5.74) is 1.93. The maximum absolute atomic E-state index is 11.5. The molecule has 1 aliphatic rings. The van der Waals surface area contributed by atoms with Crippen molar-refractivity contribution in [1.29, 1.82) is 0 Å². The Morgan fingerprint density at radius 1 is 1.53 bits per heavy atom. The van der Waals surface area contributed by atoms with Crippen molar-refractivity contribution in [2.75, 3.05) is 13.1 Å². The first-order valence-electron chi connectivity index (χ1n) is 4.86. The second-order valence-electron chi connectivity index (χ2n) is 4.42.